The van der Waals surface area contributed by atoms with E-state index in [-0.39, 0.29) is 12.4 Å². The minimum Gasteiger partial charge on any atom is -0.333 e. The van der Waals surface area contributed by atoms with Gasteiger partial charge in [0, 0.05) is 12.3 Å². The van der Waals surface area contributed by atoms with Crippen LogP contribution < -0.4 is 0 Å². The maximum Gasteiger partial charge on any atom is 0.166 e. The summed E-state index contributed by atoms with van der Waals surface area (Å²) in [5, 5.41) is 1.03. The molecule has 3 nitrogen and oxygen atoms in total. The molecule has 1 aromatic heterocycles. The Morgan fingerprint density at radius 1 is 1.15 bits per heavy atom. The van der Waals surface area contributed by atoms with Gasteiger partial charge in [-0.2, -0.15) is 0 Å². The predicted octanol–water partition coefficient (Wildman–Crippen LogP) is 4.04. The number of aromatic nitrogens is 2. The number of imidazole rings is 1. The summed E-state index contributed by atoms with van der Waals surface area (Å²) in [5.41, 5.74) is 4.84. The second-order valence-electron chi connectivity index (χ2n) is 4.87. The first kappa shape index (κ1) is 17.3. The zero-order valence-corrected chi connectivity index (χ0v) is 14.3. The van der Waals surface area contributed by atoms with Gasteiger partial charge in [0.05, 0.1) is 11.0 Å². The van der Waals surface area contributed by atoms with Gasteiger partial charge in [-0.1, -0.05) is 25.6 Å². The molecule has 1 heterocycles. The SMILES string of the molecule is CCN(CC)CCSc1nc2cc(C)c(C)cc2[nH]1.Cl. The summed E-state index contributed by atoms with van der Waals surface area (Å²) in [7, 11) is 0. The molecule has 1 N–H and O–H groups in total. The molecule has 0 radical (unpaired) electrons. The van der Waals surface area contributed by atoms with Gasteiger partial charge in [-0.05, 0) is 50.2 Å². The average molecular weight is 314 g/mol. The third-order valence-corrected chi connectivity index (χ3v) is 4.47. The maximum absolute atomic E-state index is 4.65. The van der Waals surface area contributed by atoms with Gasteiger partial charge in [0.2, 0.25) is 0 Å². The molecule has 0 aliphatic rings. The van der Waals surface area contributed by atoms with E-state index in [2.05, 4.69) is 54.7 Å². The molecule has 0 aliphatic carbocycles. The van der Waals surface area contributed by atoms with Crippen molar-refractivity contribution < 1.29 is 0 Å². The molecule has 1 aromatic carbocycles. The van der Waals surface area contributed by atoms with Crippen LogP contribution in [-0.4, -0.2) is 40.3 Å². The highest BCUT2D eigenvalue weighted by Crippen LogP contribution is 2.22. The van der Waals surface area contributed by atoms with E-state index in [1.807, 2.05) is 11.8 Å². The Labute approximate surface area is 131 Å². The highest BCUT2D eigenvalue weighted by atomic mass is 35.5. The summed E-state index contributed by atoms with van der Waals surface area (Å²) >= 11 is 1.81. The van der Waals surface area contributed by atoms with Crippen molar-refractivity contribution in [2.45, 2.75) is 32.9 Å². The molecule has 0 atom stereocenters. The Bertz CT molecular complexity index is 510. The van der Waals surface area contributed by atoms with Gasteiger partial charge in [-0.25, -0.2) is 4.98 Å². The number of aryl methyl sites for hydroxylation is 2. The van der Waals surface area contributed by atoms with Crippen molar-refractivity contribution >= 4 is 35.2 Å². The minimum absolute atomic E-state index is 0. The zero-order chi connectivity index (χ0) is 13.8. The normalized spacial score (nSPS) is 11.1. The van der Waals surface area contributed by atoms with Gasteiger partial charge >= 0.3 is 0 Å². The number of aromatic amines is 1. The lowest BCUT2D eigenvalue weighted by Gasteiger charge is -2.16. The fourth-order valence-electron chi connectivity index (χ4n) is 2.13. The van der Waals surface area contributed by atoms with Crippen LogP contribution in [0.4, 0.5) is 0 Å². The standard InChI is InChI=1S/C15H23N3S.ClH/c1-5-18(6-2)7-8-19-15-16-13-9-11(3)12(4)10-14(13)17-15;/h9-10H,5-8H2,1-4H3,(H,16,17);1H. The number of halogens is 1. The van der Waals surface area contributed by atoms with Crippen LogP contribution in [0.25, 0.3) is 11.0 Å². The van der Waals surface area contributed by atoms with Crippen molar-refractivity contribution in [2.75, 3.05) is 25.4 Å². The van der Waals surface area contributed by atoms with Gasteiger partial charge < -0.3 is 9.88 Å². The second kappa shape index (κ2) is 7.91. The lowest BCUT2D eigenvalue weighted by Crippen LogP contribution is -2.25. The summed E-state index contributed by atoms with van der Waals surface area (Å²) in [4.78, 5) is 10.5. The Morgan fingerprint density at radius 2 is 1.80 bits per heavy atom. The van der Waals surface area contributed by atoms with E-state index in [0.717, 1.165) is 41.6 Å². The Morgan fingerprint density at radius 3 is 2.45 bits per heavy atom. The van der Waals surface area contributed by atoms with Crippen LogP contribution in [0.15, 0.2) is 17.3 Å². The molecule has 0 saturated heterocycles. The third kappa shape index (κ3) is 4.14. The molecule has 0 aliphatic heterocycles. The van der Waals surface area contributed by atoms with E-state index in [9.17, 15) is 0 Å². The van der Waals surface area contributed by atoms with E-state index >= 15 is 0 Å². The van der Waals surface area contributed by atoms with Crippen LogP contribution in [-0.2, 0) is 0 Å². The van der Waals surface area contributed by atoms with E-state index in [4.69, 9.17) is 0 Å². The number of thioether (sulfide) groups is 1. The second-order valence-corrected chi connectivity index (χ2v) is 5.95. The summed E-state index contributed by atoms with van der Waals surface area (Å²) < 4.78 is 0. The molecule has 0 spiro atoms. The monoisotopic (exact) mass is 313 g/mol. The maximum atomic E-state index is 4.65. The lowest BCUT2D eigenvalue weighted by atomic mass is 10.1. The number of fused-ring (bicyclic) bond motifs is 1. The van der Waals surface area contributed by atoms with Crippen LogP contribution in [0.1, 0.15) is 25.0 Å². The van der Waals surface area contributed by atoms with Gasteiger partial charge in [0.1, 0.15) is 0 Å². The van der Waals surface area contributed by atoms with Crippen molar-refractivity contribution in [3.05, 3.63) is 23.3 Å². The van der Waals surface area contributed by atoms with Crippen molar-refractivity contribution in [3.63, 3.8) is 0 Å². The molecule has 0 saturated carbocycles. The summed E-state index contributed by atoms with van der Waals surface area (Å²) in [6, 6.07) is 4.35. The first-order chi connectivity index (χ1) is 9.13. The number of nitrogens with zero attached hydrogens (tertiary/aromatic N) is 2. The first-order valence-electron chi connectivity index (χ1n) is 6.96. The van der Waals surface area contributed by atoms with Gasteiger partial charge in [-0.3, -0.25) is 0 Å². The largest absolute Gasteiger partial charge is 0.333 e. The molecule has 2 aromatic rings. The van der Waals surface area contributed by atoms with Gasteiger partial charge in [0.15, 0.2) is 5.16 Å². The molecule has 112 valence electrons. The third-order valence-electron chi connectivity index (χ3n) is 3.62. The number of nitrogens with one attached hydrogen (secondary N) is 1. The van der Waals surface area contributed by atoms with Gasteiger partial charge in [0.25, 0.3) is 0 Å². The van der Waals surface area contributed by atoms with E-state index in [1.54, 1.807) is 0 Å². The van der Waals surface area contributed by atoms with Crippen molar-refractivity contribution in [3.8, 4) is 0 Å². The van der Waals surface area contributed by atoms with E-state index in [0.29, 0.717) is 0 Å². The Hall–Kier alpha value is -0.710. The molecule has 2 rings (SSSR count). The first-order valence-corrected chi connectivity index (χ1v) is 7.94. The Balaban J connectivity index is 0.00000200. The van der Waals surface area contributed by atoms with Crippen LogP contribution in [0.3, 0.4) is 0 Å². The van der Waals surface area contributed by atoms with Crippen LogP contribution in [0.5, 0.6) is 0 Å². The van der Waals surface area contributed by atoms with Crippen molar-refractivity contribution in [1.82, 2.24) is 14.9 Å². The van der Waals surface area contributed by atoms with E-state index in [1.165, 1.54) is 11.1 Å². The Kier molecular flexibility index (Phi) is 6.86. The zero-order valence-electron chi connectivity index (χ0n) is 12.7. The highest BCUT2D eigenvalue weighted by molar-refractivity contribution is 7.99. The quantitative estimate of drug-likeness (QED) is 0.817. The number of H-pyrrole nitrogens is 1. The average Bonchev–Trinajstić information content (AvgIpc) is 2.77. The molecule has 0 fully saturated rings. The number of hydrogen-bond donors (Lipinski definition) is 1. The lowest BCUT2D eigenvalue weighted by molar-refractivity contribution is 0.324. The number of benzene rings is 1. The van der Waals surface area contributed by atoms with Crippen molar-refractivity contribution in [1.29, 1.82) is 0 Å². The molecule has 20 heavy (non-hydrogen) atoms. The molecule has 0 bridgehead atoms. The molecular weight excluding hydrogens is 290 g/mol. The molecule has 0 amide bonds. The fraction of sp³-hybridized carbons (Fsp3) is 0.533. The predicted molar refractivity (Wildman–Crippen MR) is 91.3 cm³/mol. The summed E-state index contributed by atoms with van der Waals surface area (Å²) in [6.45, 7) is 12.1. The fourth-order valence-corrected chi connectivity index (χ4v) is 3.01. The smallest absolute Gasteiger partial charge is 0.166 e. The minimum atomic E-state index is 0. The topological polar surface area (TPSA) is 31.9 Å². The van der Waals surface area contributed by atoms with Crippen LogP contribution in [0.2, 0.25) is 0 Å². The highest BCUT2D eigenvalue weighted by Gasteiger charge is 2.06. The molecule has 0 unspecified atom stereocenters. The van der Waals surface area contributed by atoms with Gasteiger partial charge in [-0.15, -0.1) is 12.4 Å². The number of hydrogen-bond acceptors (Lipinski definition) is 3. The van der Waals surface area contributed by atoms with Crippen LogP contribution in [0, 0.1) is 13.8 Å². The number of rotatable bonds is 6. The molecule has 5 heteroatoms. The summed E-state index contributed by atoms with van der Waals surface area (Å²) in [5.74, 6) is 1.08. The molecular formula is C15H24ClN3S. The van der Waals surface area contributed by atoms with E-state index < -0.39 is 0 Å². The van der Waals surface area contributed by atoms with Crippen LogP contribution >= 0.6 is 24.2 Å². The van der Waals surface area contributed by atoms with Crippen molar-refractivity contribution in [2.24, 2.45) is 0 Å². The summed E-state index contributed by atoms with van der Waals surface area (Å²) in [6.07, 6.45) is 0.